The van der Waals surface area contributed by atoms with Crippen LogP contribution in [0.15, 0.2) is 24.3 Å². The van der Waals surface area contributed by atoms with Crippen LogP contribution in [-0.4, -0.2) is 18.6 Å². The second-order valence-electron chi connectivity index (χ2n) is 6.15. The number of carbonyl (C=O) groups excluding carboxylic acids is 1. The zero-order chi connectivity index (χ0) is 15.3. The minimum atomic E-state index is -0.614. The van der Waals surface area contributed by atoms with Crippen molar-refractivity contribution in [1.82, 2.24) is 0 Å². The average molecular weight is 278 g/mol. The van der Waals surface area contributed by atoms with E-state index in [4.69, 9.17) is 16.2 Å². The molecule has 0 bridgehead atoms. The number of esters is 1. The van der Waals surface area contributed by atoms with Crippen molar-refractivity contribution in [2.24, 2.45) is 16.9 Å². The van der Waals surface area contributed by atoms with Gasteiger partial charge in [0.2, 0.25) is 0 Å². The van der Waals surface area contributed by atoms with E-state index in [9.17, 15) is 4.79 Å². The van der Waals surface area contributed by atoms with E-state index in [1.54, 1.807) is 6.92 Å². The summed E-state index contributed by atoms with van der Waals surface area (Å²) in [6.45, 7) is 8.46. The van der Waals surface area contributed by atoms with Crippen molar-refractivity contribution in [2.75, 3.05) is 6.61 Å². The summed E-state index contributed by atoms with van der Waals surface area (Å²) in [5, 5.41) is 0. The van der Waals surface area contributed by atoms with Gasteiger partial charge in [-0.05, 0) is 29.9 Å². The molecule has 0 aliphatic heterocycles. The summed E-state index contributed by atoms with van der Waals surface area (Å²) in [6, 6.07) is 7.32. The average Bonchev–Trinajstić information content (AvgIpc) is 2.38. The monoisotopic (exact) mass is 278 g/mol. The molecule has 0 radical (unpaired) electrons. The summed E-state index contributed by atoms with van der Waals surface area (Å²) in [4.78, 5) is 11.5. The summed E-state index contributed by atoms with van der Waals surface area (Å²) >= 11 is 0. The molecular weight excluding hydrogens is 252 g/mol. The van der Waals surface area contributed by atoms with Crippen LogP contribution >= 0.6 is 0 Å². The molecule has 112 valence electrons. The van der Waals surface area contributed by atoms with Gasteiger partial charge in [-0.15, -0.1) is 0 Å². The molecule has 1 aromatic rings. The van der Waals surface area contributed by atoms with Crippen LogP contribution in [0.5, 0.6) is 0 Å². The lowest BCUT2D eigenvalue weighted by atomic mass is 9.83. The molecule has 0 aliphatic rings. The van der Waals surface area contributed by atoms with Gasteiger partial charge in [-0.1, -0.05) is 45.0 Å². The van der Waals surface area contributed by atoms with E-state index >= 15 is 0 Å². The quantitative estimate of drug-likeness (QED) is 0.809. The van der Waals surface area contributed by atoms with Crippen molar-refractivity contribution in [1.29, 1.82) is 0 Å². The third kappa shape index (κ3) is 4.62. The largest absolute Gasteiger partial charge is 0.465 e. The van der Waals surface area contributed by atoms with Gasteiger partial charge >= 0.3 is 5.97 Å². The molecule has 4 N–H and O–H groups in total. The fourth-order valence-electron chi connectivity index (χ4n) is 1.95. The molecule has 0 saturated heterocycles. The van der Waals surface area contributed by atoms with Crippen LogP contribution in [0.1, 0.15) is 44.9 Å². The number of ether oxygens (including phenoxy) is 1. The Kier molecular flexibility index (Phi) is 5.72. The Balaban J connectivity index is 2.70. The van der Waals surface area contributed by atoms with E-state index in [0.717, 1.165) is 11.1 Å². The highest BCUT2D eigenvalue weighted by molar-refractivity contribution is 5.75. The Morgan fingerprint density at radius 3 is 2.20 bits per heavy atom. The van der Waals surface area contributed by atoms with Crippen molar-refractivity contribution in [3.05, 3.63) is 35.4 Å². The highest BCUT2D eigenvalue weighted by Crippen LogP contribution is 2.30. The number of hydrogen-bond acceptors (Lipinski definition) is 4. The number of hydrogen-bond donors (Lipinski definition) is 2. The fourth-order valence-corrected chi connectivity index (χ4v) is 1.95. The highest BCUT2D eigenvalue weighted by atomic mass is 16.5. The molecular formula is C16H26N2O2. The number of rotatable bonds is 5. The second-order valence-corrected chi connectivity index (χ2v) is 6.15. The first-order valence-electron chi connectivity index (χ1n) is 7.02. The Morgan fingerprint density at radius 1 is 1.20 bits per heavy atom. The predicted octanol–water partition coefficient (Wildman–Crippen LogP) is 2.17. The van der Waals surface area contributed by atoms with Gasteiger partial charge in [-0.25, -0.2) is 0 Å². The first-order valence-corrected chi connectivity index (χ1v) is 7.02. The number of benzene rings is 1. The summed E-state index contributed by atoms with van der Waals surface area (Å²) in [5.41, 5.74) is 14.1. The van der Waals surface area contributed by atoms with Crippen molar-refractivity contribution < 1.29 is 9.53 Å². The minimum absolute atomic E-state index is 0.0167. The first-order chi connectivity index (χ1) is 9.25. The Hall–Kier alpha value is -1.39. The van der Waals surface area contributed by atoms with Crippen LogP contribution in [0.4, 0.5) is 0 Å². The molecule has 1 rings (SSSR count). The molecule has 2 atom stereocenters. The Morgan fingerprint density at radius 2 is 1.75 bits per heavy atom. The topological polar surface area (TPSA) is 78.3 Å². The maximum Gasteiger partial charge on any atom is 0.323 e. The first kappa shape index (κ1) is 16.7. The smallest absolute Gasteiger partial charge is 0.323 e. The molecule has 0 amide bonds. The molecule has 2 unspecified atom stereocenters. The van der Waals surface area contributed by atoms with Gasteiger partial charge in [0, 0.05) is 6.04 Å². The van der Waals surface area contributed by atoms with Crippen molar-refractivity contribution in [3.63, 3.8) is 0 Å². The molecule has 20 heavy (non-hydrogen) atoms. The van der Waals surface area contributed by atoms with Crippen LogP contribution in [0, 0.1) is 5.41 Å². The van der Waals surface area contributed by atoms with E-state index in [2.05, 4.69) is 20.8 Å². The second kappa shape index (κ2) is 6.86. The molecule has 4 nitrogen and oxygen atoms in total. The van der Waals surface area contributed by atoms with Gasteiger partial charge in [-0.3, -0.25) is 4.79 Å². The number of carbonyl (C=O) groups is 1. The zero-order valence-electron chi connectivity index (χ0n) is 12.8. The van der Waals surface area contributed by atoms with E-state index < -0.39 is 6.04 Å². The van der Waals surface area contributed by atoms with Crippen LogP contribution in [0.3, 0.4) is 0 Å². The molecule has 0 aliphatic carbocycles. The molecule has 1 aromatic carbocycles. The van der Waals surface area contributed by atoms with Gasteiger partial charge in [-0.2, -0.15) is 0 Å². The van der Waals surface area contributed by atoms with Crippen LogP contribution < -0.4 is 11.5 Å². The van der Waals surface area contributed by atoms with Crippen LogP contribution in [0.2, 0.25) is 0 Å². The van der Waals surface area contributed by atoms with Gasteiger partial charge in [0.15, 0.2) is 0 Å². The van der Waals surface area contributed by atoms with E-state index in [-0.39, 0.29) is 17.4 Å². The van der Waals surface area contributed by atoms with E-state index in [1.807, 2.05) is 24.3 Å². The lowest BCUT2D eigenvalue weighted by Crippen LogP contribution is -2.34. The van der Waals surface area contributed by atoms with E-state index in [1.165, 1.54) is 0 Å². The van der Waals surface area contributed by atoms with Gasteiger partial charge in [0.05, 0.1) is 6.61 Å². The summed E-state index contributed by atoms with van der Waals surface area (Å²) in [7, 11) is 0. The molecule has 0 aromatic heterocycles. The van der Waals surface area contributed by atoms with Gasteiger partial charge in [0.25, 0.3) is 0 Å². The van der Waals surface area contributed by atoms with Crippen molar-refractivity contribution in [2.45, 2.75) is 46.2 Å². The Labute approximate surface area is 121 Å². The lowest BCUT2D eigenvalue weighted by molar-refractivity contribution is -0.144. The lowest BCUT2D eigenvalue weighted by Gasteiger charge is -2.27. The van der Waals surface area contributed by atoms with Gasteiger partial charge in [0.1, 0.15) is 6.04 Å². The predicted molar refractivity (Wildman–Crippen MR) is 81.1 cm³/mol. The summed E-state index contributed by atoms with van der Waals surface area (Å²) < 4.78 is 4.90. The SMILES string of the molecule is CCOC(=O)C(N)Cc1ccc(C(N)C(C)(C)C)cc1. The third-order valence-corrected chi connectivity index (χ3v) is 3.32. The van der Waals surface area contributed by atoms with Crippen molar-refractivity contribution >= 4 is 5.97 Å². The standard InChI is InChI=1S/C16H26N2O2/c1-5-20-15(19)13(17)10-11-6-8-12(9-7-11)14(18)16(2,3)4/h6-9,13-14H,5,10,17-18H2,1-4H3. The van der Waals surface area contributed by atoms with Crippen LogP contribution in [-0.2, 0) is 16.0 Å². The molecule has 0 fully saturated rings. The zero-order valence-corrected chi connectivity index (χ0v) is 12.8. The van der Waals surface area contributed by atoms with Crippen molar-refractivity contribution in [3.8, 4) is 0 Å². The minimum Gasteiger partial charge on any atom is -0.465 e. The maximum absolute atomic E-state index is 11.5. The maximum atomic E-state index is 11.5. The number of nitrogens with two attached hydrogens (primary N) is 2. The normalized spacial score (nSPS) is 14.7. The van der Waals surface area contributed by atoms with Gasteiger partial charge < -0.3 is 16.2 Å². The van der Waals surface area contributed by atoms with Crippen LogP contribution in [0.25, 0.3) is 0 Å². The Bertz CT molecular complexity index is 435. The molecule has 0 heterocycles. The summed E-state index contributed by atoms with van der Waals surface area (Å²) in [5.74, 6) is -0.358. The molecule has 0 spiro atoms. The summed E-state index contributed by atoms with van der Waals surface area (Å²) in [6.07, 6.45) is 0.476. The fraction of sp³-hybridized carbons (Fsp3) is 0.562. The molecule has 0 saturated carbocycles. The highest BCUT2D eigenvalue weighted by Gasteiger charge is 2.22. The molecule has 4 heteroatoms. The third-order valence-electron chi connectivity index (χ3n) is 3.32. The van der Waals surface area contributed by atoms with E-state index in [0.29, 0.717) is 13.0 Å².